The Labute approximate surface area is 160 Å². The second kappa shape index (κ2) is 5.76. The number of para-hydroxylation sites is 1. The fourth-order valence-corrected chi connectivity index (χ4v) is 4.59. The molecule has 3 aliphatic rings. The third-order valence-electron chi connectivity index (χ3n) is 5.23. The summed E-state index contributed by atoms with van der Waals surface area (Å²) in [7, 11) is 0. The molecule has 6 heteroatoms. The average molecular weight is 376 g/mol. The van der Waals surface area contributed by atoms with Gasteiger partial charge in [-0.1, -0.05) is 18.2 Å². The predicted molar refractivity (Wildman–Crippen MR) is 102 cm³/mol. The molecule has 0 saturated heterocycles. The summed E-state index contributed by atoms with van der Waals surface area (Å²) in [5, 5.41) is 11.3. The van der Waals surface area contributed by atoms with Gasteiger partial charge in [0.25, 0.3) is 0 Å². The molecule has 0 aliphatic carbocycles. The average Bonchev–Trinajstić information content (AvgIpc) is 3.47. The molecule has 3 aromatic rings. The van der Waals surface area contributed by atoms with E-state index in [1.165, 1.54) is 5.56 Å². The maximum atomic E-state index is 6.33. The summed E-state index contributed by atoms with van der Waals surface area (Å²) < 4.78 is 17.3. The summed E-state index contributed by atoms with van der Waals surface area (Å²) in [6.07, 6.45) is 0.628. The van der Waals surface area contributed by atoms with Gasteiger partial charge < -0.3 is 14.2 Å². The Hall–Kier alpha value is -2.99. The van der Waals surface area contributed by atoms with Crippen molar-refractivity contribution in [3.05, 3.63) is 76.0 Å². The topological polar surface area (TPSA) is 43.3 Å². The highest BCUT2D eigenvalue weighted by Gasteiger charge is 2.41. The van der Waals surface area contributed by atoms with Crippen molar-refractivity contribution in [1.82, 2.24) is 5.01 Å². The predicted octanol–water partition coefficient (Wildman–Crippen LogP) is 4.72. The van der Waals surface area contributed by atoms with Crippen LogP contribution in [0.25, 0.3) is 0 Å². The van der Waals surface area contributed by atoms with Crippen LogP contribution < -0.4 is 14.2 Å². The van der Waals surface area contributed by atoms with Gasteiger partial charge in [-0.3, -0.25) is 0 Å². The summed E-state index contributed by atoms with van der Waals surface area (Å²) >= 11 is 1.67. The van der Waals surface area contributed by atoms with E-state index in [0.717, 1.165) is 40.5 Å². The Balaban J connectivity index is 1.43. The van der Waals surface area contributed by atoms with Crippen molar-refractivity contribution in [3.8, 4) is 17.2 Å². The molecule has 3 aliphatic heterocycles. The maximum Gasteiger partial charge on any atom is 0.231 e. The molecule has 6 rings (SSSR count). The van der Waals surface area contributed by atoms with Gasteiger partial charge in [-0.2, -0.15) is 16.4 Å². The van der Waals surface area contributed by atoms with Gasteiger partial charge in [0, 0.05) is 23.1 Å². The van der Waals surface area contributed by atoms with Crippen LogP contribution in [-0.4, -0.2) is 17.5 Å². The van der Waals surface area contributed by atoms with Crippen LogP contribution in [0, 0.1) is 0 Å². The first kappa shape index (κ1) is 15.1. The summed E-state index contributed by atoms with van der Waals surface area (Å²) in [4.78, 5) is 0. The number of ether oxygens (including phenoxy) is 3. The zero-order valence-electron chi connectivity index (χ0n) is 14.4. The minimum absolute atomic E-state index is 0.167. The maximum absolute atomic E-state index is 6.33. The Morgan fingerprint density at radius 1 is 1.00 bits per heavy atom. The largest absolute Gasteiger partial charge is 0.464 e. The number of nitrogens with zero attached hydrogens (tertiary/aromatic N) is 2. The van der Waals surface area contributed by atoms with E-state index < -0.39 is 0 Å². The zero-order valence-corrected chi connectivity index (χ0v) is 15.2. The highest BCUT2D eigenvalue weighted by atomic mass is 32.1. The minimum atomic E-state index is -0.206. The van der Waals surface area contributed by atoms with Crippen LogP contribution in [0.15, 0.2) is 64.4 Å². The third-order valence-corrected chi connectivity index (χ3v) is 5.93. The molecule has 5 nitrogen and oxygen atoms in total. The normalized spacial score (nSPS) is 22.1. The van der Waals surface area contributed by atoms with Gasteiger partial charge in [0.15, 0.2) is 11.5 Å². The van der Waals surface area contributed by atoms with Gasteiger partial charge in [0.05, 0.1) is 11.8 Å². The molecule has 134 valence electrons. The lowest BCUT2D eigenvalue weighted by molar-refractivity contribution is -0.0187. The molecule has 2 aromatic carbocycles. The fourth-order valence-electron chi connectivity index (χ4n) is 3.92. The Morgan fingerprint density at radius 2 is 1.93 bits per heavy atom. The smallest absolute Gasteiger partial charge is 0.231 e. The first-order chi connectivity index (χ1) is 13.4. The number of rotatable bonds is 2. The first-order valence-corrected chi connectivity index (χ1v) is 9.84. The van der Waals surface area contributed by atoms with Crippen molar-refractivity contribution in [2.45, 2.75) is 18.7 Å². The number of benzene rings is 2. The van der Waals surface area contributed by atoms with Gasteiger partial charge in [0.2, 0.25) is 13.0 Å². The number of hydrazone groups is 1. The Kier molecular flexibility index (Phi) is 3.22. The first-order valence-electron chi connectivity index (χ1n) is 8.90. The lowest BCUT2D eigenvalue weighted by Crippen LogP contribution is -2.33. The second-order valence-corrected chi connectivity index (χ2v) is 7.56. The van der Waals surface area contributed by atoms with Crippen LogP contribution in [0.1, 0.15) is 35.4 Å². The molecule has 0 spiro atoms. The molecule has 0 bridgehead atoms. The van der Waals surface area contributed by atoms with E-state index in [1.54, 1.807) is 11.3 Å². The minimum Gasteiger partial charge on any atom is -0.464 e. The second-order valence-electron chi connectivity index (χ2n) is 6.78. The van der Waals surface area contributed by atoms with E-state index in [2.05, 4.69) is 40.0 Å². The highest BCUT2D eigenvalue weighted by Crippen LogP contribution is 2.48. The van der Waals surface area contributed by atoms with E-state index >= 15 is 0 Å². The molecular formula is C21H16N2O3S. The zero-order chi connectivity index (χ0) is 17.8. The van der Waals surface area contributed by atoms with Crippen molar-refractivity contribution in [2.75, 3.05) is 6.79 Å². The van der Waals surface area contributed by atoms with Gasteiger partial charge >= 0.3 is 0 Å². The van der Waals surface area contributed by atoms with Gasteiger partial charge in [-0.15, -0.1) is 0 Å². The molecule has 0 saturated carbocycles. The van der Waals surface area contributed by atoms with Crippen molar-refractivity contribution in [2.24, 2.45) is 5.10 Å². The van der Waals surface area contributed by atoms with E-state index in [1.807, 2.05) is 24.3 Å². The van der Waals surface area contributed by atoms with E-state index in [-0.39, 0.29) is 19.1 Å². The molecule has 0 amide bonds. The molecule has 0 radical (unpaired) electrons. The molecule has 2 unspecified atom stereocenters. The molecule has 2 atom stereocenters. The monoisotopic (exact) mass is 376 g/mol. The quantitative estimate of drug-likeness (QED) is 0.649. The molecule has 0 N–H and O–H groups in total. The standard InChI is InChI=1S/C21H16N2O3S/c1-2-4-18-15(3-1)17-10-16(13-5-6-19-20(9-13)25-12-24-19)22-23(17)21(26-18)14-7-8-27-11-14/h1-9,11,17,21H,10,12H2. The van der Waals surface area contributed by atoms with Crippen LogP contribution in [0.3, 0.4) is 0 Å². The Bertz CT molecular complexity index is 1050. The van der Waals surface area contributed by atoms with Crippen molar-refractivity contribution >= 4 is 17.0 Å². The Morgan fingerprint density at radius 3 is 2.85 bits per heavy atom. The van der Waals surface area contributed by atoms with Crippen LogP contribution >= 0.6 is 11.3 Å². The van der Waals surface area contributed by atoms with Crippen molar-refractivity contribution in [1.29, 1.82) is 0 Å². The molecule has 1 aromatic heterocycles. The fraction of sp³-hybridized carbons (Fsp3) is 0.190. The van der Waals surface area contributed by atoms with Gasteiger partial charge in [-0.25, -0.2) is 5.01 Å². The van der Waals surface area contributed by atoms with E-state index in [9.17, 15) is 0 Å². The van der Waals surface area contributed by atoms with Crippen molar-refractivity contribution < 1.29 is 14.2 Å². The van der Waals surface area contributed by atoms with Gasteiger partial charge in [-0.05, 0) is 41.1 Å². The lowest BCUT2D eigenvalue weighted by Gasteiger charge is -2.37. The van der Waals surface area contributed by atoms with Crippen LogP contribution in [0.4, 0.5) is 0 Å². The van der Waals surface area contributed by atoms with Crippen LogP contribution in [0.5, 0.6) is 17.2 Å². The molecule has 4 heterocycles. The number of thiophene rings is 1. The van der Waals surface area contributed by atoms with E-state index in [0.29, 0.717) is 0 Å². The molecule has 0 fully saturated rings. The van der Waals surface area contributed by atoms with Gasteiger partial charge in [0.1, 0.15) is 5.75 Å². The van der Waals surface area contributed by atoms with Crippen LogP contribution in [-0.2, 0) is 0 Å². The summed E-state index contributed by atoms with van der Waals surface area (Å²) in [6.45, 7) is 0.279. The highest BCUT2D eigenvalue weighted by molar-refractivity contribution is 7.07. The SMILES string of the molecule is c1ccc2c(c1)OC(c1ccsc1)N1N=C(c3ccc4c(c3)OCO4)CC21. The summed E-state index contributed by atoms with van der Waals surface area (Å²) in [5.41, 5.74) is 4.42. The summed E-state index contributed by atoms with van der Waals surface area (Å²) in [6, 6.07) is 16.6. The number of hydrogen-bond donors (Lipinski definition) is 0. The summed E-state index contributed by atoms with van der Waals surface area (Å²) in [5.74, 6) is 2.52. The third kappa shape index (κ3) is 2.33. The van der Waals surface area contributed by atoms with Crippen LogP contribution in [0.2, 0.25) is 0 Å². The number of hydrogen-bond acceptors (Lipinski definition) is 6. The lowest BCUT2D eigenvalue weighted by atomic mass is 9.96. The van der Waals surface area contributed by atoms with Crippen molar-refractivity contribution in [3.63, 3.8) is 0 Å². The molecular weight excluding hydrogens is 360 g/mol. The van der Waals surface area contributed by atoms with E-state index in [4.69, 9.17) is 19.3 Å². The molecule has 27 heavy (non-hydrogen) atoms. The number of fused-ring (bicyclic) bond motifs is 4.